The van der Waals surface area contributed by atoms with Crippen LogP contribution in [0.1, 0.15) is 23.5 Å². The molecule has 0 spiro atoms. The molecule has 31 heavy (non-hydrogen) atoms. The Morgan fingerprint density at radius 3 is 2.23 bits per heavy atom. The van der Waals surface area contributed by atoms with Gasteiger partial charge in [0.25, 0.3) is 0 Å². The van der Waals surface area contributed by atoms with E-state index in [0.717, 1.165) is 22.3 Å². The van der Waals surface area contributed by atoms with E-state index < -0.39 is 24.1 Å². The first-order chi connectivity index (χ1) is 15.0. The lowest BCUT2D eigenvalue weighted by atomic mass is 9.98. The number of hydrogen-bond donors (Lipinski definition) is 4. The zero-order valence-electron chi connectivity index (χ0n) is 16.8. The van der Waals surface area contributed by atoms with Crippen LogP contribution in [0.25, 0.3) is 11.1 Å². The molecule has 0 bridgehead atoms. The summed E-state index contributed by atoms with van der Waals surface area (Å²) in [6, 6.07) is 16.1. The fraction of sp³-hybridized carbons (Fsp3) is 0.261. The van der Waals surface area contributed by atoms with Gasteiger partial charge in [0.2, 0.25) is 5.91 Å². The van der Waals surface area contributed by atoms with Gasteiger partial charge in [-0.2, -0.15) is 0 Å². The van der Waals surface area contributed by atoms with E-state index in [2.05, 4.69) is 22.8 Å². The van der Waals surface area contributed by atoms with Crippen molar-refractivity contribution >= 4 is 18.0 Å². The lowest BCUT2D eigenvalue weighted by Crippen LogP contribution is -2.29. The number of nitrogens with one attached hydrogen (secondary N) is 2. The molecular weight excluding hydrogens is 400 g/mol. The number of carboxylic acid groups (broad SMARTS) is 1. The summed E-state index contributed by atoms with van der Waals surface area (Å²) in [7, 11) is 0. The third-order valence-corrected chi connectivity index (χ3v) is 4.98. The molecular formula is C23H24N2O6. The molecule has 0 saturated carbocycles. The molecule has 3 rings (SSSR count). The van der Waals surface area contributed by atoms with Crippen LogP contribution in [-0.4, -0.2) is 54.0 Å². The lowest BCUT2D eigenvalue weighted by molar-refractivity contribution is -0.147. The molecule has 1 aliphatic rings. The first-order valence-corrected chi connectivity index (χ1v) is 9.91. The van der Waals surface area contributed by atoms with Gasteiger partial charge in [-0.25, -0.2) is 9.59 Å². The second kappa shape index (κ2) is 10.4. The zero-order chi connectivity index (χ0) is 22.2. The lowest BCUT2D eigenvalue weighted by Gasteiger charge is -2.14. The van der Waals surface area contributed by atoms with Gasteiger partial charge < -0.3 is 25.6 Å². The summed E-state index contributed by atoms with van der Waals surface area (Å²) in [4.78, 5) is 34.1. The summed E-state index contributed by atoms with van der Waals surface area (Å²) in [5.41, 5.74) is 4.55. The van der Waals surface area contributed by atoms with E-state index >= 15 is 0 Å². The van der Waals surface area contributed by atoms with Crippen molar-refractivity contribution in [1.82, 2.24) is 10.6 Å². The summed E-state index contributed by atoms with van der Waals surface area (Å²) in [5, 5.41) is 22.7. The number of fused-ring (bicyclic) bond motifs is 3. The maximum atomic E-state index is 12.0. The highest BCUT2D eigenvalue weighted by Crippen LogP contribution is 2.44. The van der Waals surface area contributed by atoms with Crippen molar-refractivity contribution in [3.63, 3.8) is 0 Å². The van der Waals surface area contributed by atoms with E-state index in [4.69, 9.17) is 14.9 Å². The van der Waals surface area contributed by atoms with Gasteiger partial charge in [0.05, 0.1) is 0 Å². The molecule has 2 amide bonds. The SMILES string of the molecule is O=C(/C=C/CNC(=O)OCC1c2ccccc2-c2ccccc21)NCCC(O)C(=O)O. The topological polar surface area (TPSA) is 125 Å². The third-order valence-electron chi connectivity index (χ3n) is 4.98. The predicted octanol–water partition coefficient (Wildman–Crippen LogP) is 2.03. The van der Waals surface area contributed by atoms with Crippen LogP contribution in [0, 0.1) is 0 Å². The number of aliphatic hydroxyl groups is 1. The third kappa shape index (κ3) is 5.70. The number of benzene rings is 2. The first kappa shape index (κ1) is 22.0. The normalized spacial score (nSPS) is 13.3. The number of carbonyl (C=O) groups excluding carboxylic acids is 2. The zero-order valence-corrected chi connectivity index (χ0v) is 16.8. The van der Waals surface area contributed by atoms with Crippen molar-refractivity contribution in [2.75, 3.05) is 19.7 Å². The number of amides is 2. The van der Waals surface area contributed by atoms with Gasteiger partial charge >= 0.3 is 12.1 Å². The summed E-state index contributed by atoms with van der Waals surface area (Å²) in [5.74, 6) is -1.82. The molecule has 2 aromatic carbocycles. The first-order valence-electron chi connectivity index (χ1n) is 9.91. The Balaban J connectivity index is 1.42. The number of rotatable bonds is 9. The second-order valence-corrected chi connectivity index (χ2v) is 7.04. The number of carbonyl (C=O) groups is 3. The second-order valence-electron chi connectivity index (χ2n) is 7.04. The standard InChI is InChI=1S/C23H24N2O6/c26-20(22(28)29)11-13-24-21(27)10-5-12-25-23(30)31-14-19-17-8-3-1-6-15(17)16-7-2-4-9-18(16)19/h1-10,19-20,26H,11-14H2,(H,24,27)(H,25,30)(H,28,29)/b10-5+. The van der Waals surface area contributed by atoms with E-state index in [1.807, 2.05) is 36.4 Å². The molecule has 0 aromatic heterocycles. The molecule has 8 heteroatoms. The molecule has 8 nitrogen and oxygen atoms in total. The van der Waals surface area contributed by atoms with Crippen LogP contribution in [0.2, 0.25) is 0 Å². The predicted molar refractivity (Wildman–Crippen MR) is 113 cm³/mol. The van der Waals surface area contributed by atoms with E-state index in [1.54, 1.807) is 0 Å². The maximum absolute atomic E-state index is 12.0. The number of alkyl carbamates (subject to hydrolysis) is 1. The van der Waals surface area contributed by atoms with Crippen molar-refractivity contribution < 1.29 is 29.3 Å². The number of aliphatic carboxylic acids is 1. The van der Waals surface area contributed by atoms with Crippen molar-refractivity contribution in [3.8, 4) is 11.1 Å². The monoisotopic (exact) mass is 424 g/mol. The number of ether oxygens (including phenoxy) is 1. The fourth-order valence-corrected chi connectivity index (χ4v) is 3.47. The van der Waals surface area contributed by atoms with Gasteiger partial charge in [-0.15, -0.1) is 0 Å². The minimum atomic E-state index is -1.51. The van der Waals surface area contributed by atoms with Crippen molar-refractivity contribution in [2.45, 2.75) is 18.4 Å². The van der Waals surface area contributed by atoms with E-state index in [9.17, 15) is 14.4 Å². The highest BCUT2D eigenvalue weighted by Gasteiger charge is 2.28. The molecule has 0 aliphatic heterocycles. The highest BCUT2D eigenvalue weighted by atomic mass is 16.5. The minimum absolute atomic E-state index is 0.0243. The maximum Gasteiger partial charge on any atom is 0.407 e. The minimum Gasteiger partial charge on any atom is -0.479 e. The molecule has 1 atom stereocenters. The molecule has 0 saturated heterocycles. The van der Waals surface area contributed by atoms with E-state index in [0.29, 0.717) is 0 Å². The number of aliphatic hydroxyl groups excluding tert-OH is 1. The number of hydrogen-bond acceptors (Lipinski definition) is 5. The Morgan fingerprint density at radius 1 is 1.00 bits per heavy atom. The largest absolute Gasteiger partial charge is 0.479 e. The molecule has 162 valence electrons. The quantitative estimate of drug-likeness (QED) is 0.457. The van der Waals surface area contributed by atoms with Crippen LogP contribution in [0.4, 0.5) is 4.79 Å². The van der Waals surface area contributed by atoms with E-state index in [1.165, 1.54) is 12.2 Å². The van der Waals surface area contributed by atoms with Gasteiger partial charge in [0.1, 0.15) is 6.61 Å². The molecule has 1 aliphatic carbocycles. The Morgan fingerprint density at radius 2 is 1.61 bits per heavy atom. The van der Waals surface area contributed by atoms with Gasteiger partial charge in [-0.3, -0.25) is 4.79 Å². The highest BCUT2D eigenvalue weighted by molar-refractivity contribution is 5.87. The van der Waals surface area contributed by atoms with Crippen LogP contribution < -0.4 is 10.6 Å². The average Bonchev–Trinajstić information content (AvgIpc) is 3.09. The molecule has 0 heterocycles. The summed E-state index contributed by atoms with van der Waals surface area (Å²) in [6.45, 7) is 0.328. The van der Waals surface area contributed by atoms with Crippen molar-refractivity contribution in [3.05, 3.63) is 71.8 Å². The van der Waals surface area contributed by atoms with Crippen LogP contribution in [0.5, 0.6) is 0 Å². The summed E-state index contributed by atoms with van der Waals surface area (Å²) < 4.78 is 5.39. The average molecular weight is 424 g/mol. The van der Waals surface area contributed by atoms with Gasteiger partial charge in [-0.05, 0) is 22.3 Å². The van der Waals surface area contributed by atoms with Gasteiger partial charge in [0, 0.05) is 31.5 Å². The Hall–Kier alpha value is -3.65. The molecule has 1 unspecified atom stereocenters. The van der Waals surface area contributed by atoms with Crippen LogP contribution >= 0.6 is 0 Å². The fourth-order valence-electron chi connectivity index (χ4n) is 3.47. The summed E-state index contributed by atoms with van der Waals surface area (Å²) in [6.07, 6.45) is 0.477. The molecule has 0 fully saturated rings. The molecule has 2 aromatic rings. The Labute approximate surface area is 179 Å². The Kier molecular flexibility index (Phi) is 7.40. The van der Waals surface area contributed by atoms with Gasteiger partial charge in [-0.1, -0.05) is 54.6 Å². The van der Waals surface area contributed by atoms with Crippen LogP contribution in [-0.2, 0) is 14.3 Å². The van der Waals surface area contributed by atoms with Crippen LogP contribution in [0.15, 0.2) is 60.7 Å². The molecule has 0 radical (unpaired) electrons. The molecule has 4 N–H and O–H groups in total. The van der Waals surface area contributed by atoms with E-state index in [-0.39, 0.29) is 32.0 Å². The Bertz CT molecular complexity index is 942. The number of carboxylic acids is 1. The summed E-state index contributed by atoms with van der Waals surface area (Å²) >= 11 is 0. The van der Waals surface area contributed by atoms with Crippen molar-refractivity contribution in [1.29, 1.82) is 0 Å². The smallest absolute Gasteiger partial charge is 0.407 e. The van der Waals surface area contributed by atoms with Crippen molar-refractivity contribution in [2.24, 2.45) is 0 Å². The van der Waals surface area contributed by atoms with Crippen LogP contribution in [0.3, 0.4) is 0 Å². The van der Waals surface area contributed by atoms with Gasteiger partial charge in [0.15, 0.2) is 6.10 Å².